The van der Waals surface area contributed by atoms with Gasteiger partial charge in [-0.25, -0.2) is 4.98 Å². The molecule has 2 aliphatic heterocycles. The van der Waals surface area contributed by atoms with E-state index >= 15 is 0 Å². The summed E-state index contributed by atoms with van der Waals surface area (Å²) in [5.74, 6) is 0.828. The standard InChI is InChI=1S/C40H36N6O7/c1-22-42-36(45-53-22)23-4-17-35(41-21-23)52-29-12-7-25(8-13-29)40(2,3)24-5-10-28(11-6-24)51-30-18-27(19-30)43-26-9-14-31-32(20-26)39(50)46(38(31)49)33-15-16-34(47)44-37(33)48/h4-14,17,20-21,27,30,33,43H,15-16,18-19H2,1-3H3,(H,44,47,48). The van der Waals surface area contributed by atoms with Crippen LogP contribution in [0, 0.1) is 6.92 Å². The van der Waals surface area contributed by atoms with E-state index < -0.39 is 29.7 Å². The van der Waals surface area contributed by atoms with Crippen molar-refractivity contribution in [2.45, 2.75) is 70.1 Å². The van der Waals surface area contributed by atoms with Gasteiger partial charge in [-0.05, 0) is 66.1 Å². The molecule has 5 aromatic rings. The van der Waals surface area contributed by atoms with Gasteiger partial charge in [0.15, 0.2) is 0 Å². The highest BCUT2D eigenvalue weighted by molar-refractivity contribution is 6.23. The van der Waals surface area contributed by atoms with Crippen LogP contribution in [0.3, 0.4) is 0 Å². The van der Waals surface area contributed by atoms with Crippen LogP contribution in [0.15, 0.2) is 89.6 Å². The molecule has 2 fully saturated rings. The molecule has 0 spiro atoms. The molecule has 13 heteroatoms. The Kier molecular flexibility index (Phi) is 8.48. The fourth-order valence-electron chi connectivity index (χ4n) is 6.94. The molecule has 268 valence electrons. The van der Waals surface area contributed by atoms with Gasteiger partial charge in [-0.1, -0.05) is 43.3 Å². The number of aromatic nitrogens is 3. The Morgan fingerprint density at radius 3 is 2.21 bits per heavy atom. The van der Waals surface area contributed by atoms with Gasteiger partial charge in [-0.3, -0.25) is 29.4 Å². The van der Waals surface area contributed by atoms with Crippen molar-refractivity contribution in [3.63, 3.8) is 0 Å². The van der Waals surface area contributed by atoms with Crippen LogP contribution in [0.5, 0.6) is 17.4 Å². The third kappa shape index (κ3) is 6.61. The topological polar surface area (TPSA) is 166 Å². The Labute approximate surface area is 304 Å². The van der Waals surface area contributed by atoms with E-state index in [0.29, 0.717) is 29.0 Å². The van der Waals surface area contributed by atoms with E-state index in [1.807, 2.05) is 30.3 Å². The highest BCUT2D eigenvalue weighted by atomic mass is 16.5. The van der Waals surface area contributed by atoms with Crippen molar-refractivity contribution in [1.82, 2.24) is 25.3 Å². The summed E-state index contributed by atoms with van der Waals surface area (Å²) in [6.07, 6.45) is 3.43. The van der Waals surface area contributed by atoms with Gasteiger partial charge < -0.3 is 19.3 Å². The van der Waals surface area contributed by atoms with Gasteiger partial charge >= 0.3 is 0 Å². The van der Waals surface area contributed by atoms with Gasteiger partial charge in [-0.15, -0.1) is 0 Å². The zero-order chi connectivity index (χ0) is 36.9. The minimum atomic E-state index is -0.989. The van der Waals surface area contributed by atoms with E-state index in [-0.39, 0.29) is 41.5 Å². The summed E-state index contributed by atoms with van der Waals surface area (Å²) in [5.41, 5.74) is 3.96. The maximum Gasteiger partial charge on any atom is 0.262 e. The number of nitrogens with one attached hydrogen (secondary N) is 2. The van der Waals surface area contributed by atoms with Crippen LogP contribution in [-0.2, 0) is 15.0 Å². The maximum absolute atomic E-state index is 13.2. The van der Waals surface area contributed by atoms with Crippen LogP contribution in [-0.4, -0.2) is 61.8 Å². The molecule has 8 rings (SSSR count). The molecule has 1 saturated heterocycles. The molecular weight excluding hydrogens is 676 g/mol. The number of fused-ring (bicyclic) bond motifs is 1. The molecule has 3 aliphatic rings. The van der Waals surface area contributed by atoms with E-state index in [9.17, 15) is 19.2 Å². The molecule has 2 N–H and O–H groups in total. The lowest BCUT2D eigenvalue weighted by Crippen LogP contribution is -2.54. The second-order valence-electron chi connectivity index (χ2n) is 14.1. The molecule has 53 heavy (non-hydrogen) atoms. The van der Waals surface area contributed by atoms with Gasteiger partial charge in [0.1, 0.15) is 23.6 Å². The third-order valence-corrected chi connectivity index (χ3v) is 10.1. The number of amides is 4. The SMILES string of the molecule is Cc1nc(-c2ccc(Oc3ccc(C(C)(C)c4ccc(OC5CC(Nc6ccc7c(c6)C(=O)N(C6CCC(=O)NC6=O)C7=O)C5)cc4)cc3)nc2)no1. The minimum Gasteiger partial charge on any atom is -0.490 e. The Morgan fingerprint density at radius 2 is 1.57 bits per heavy atom. The van der Waals surface area contributed by atoms with Gasteiger partial charge in [0.2, 0.25) is 29.4 Å². The number of piperidine rings is 1. The first-order valence-corrected chi connectivity index (χ1v) is 17.5. The number of hydrogen-bond acceptors (Lipinski definition) is 11. The molecule has 1 saturated carbocycles. The number of nitrogens with zero attached hydrogens (tertiary/aromatic N) is 4. The van der Waals surface area contributed by atoms with Crippen LogP contribution in [0.2, 0.25) is 0 Å². The first-order chi connectivity index (χ1) is 25.5. The van der Waals surface area contributed by atoms with E-state index in [4.69, 9.17) is 14.0 Å². The van der Waals surface area contributed by atoms with E-state index in [0.717, 1.165) is 40.2 Å². The Balaban J connectivity index is 0.829. The number of pyridine rings is 1. The van der Waals surface area contributed by atoms with Crippen LogP contribution in [0.1, 0.15) is 77.3 Å². The van der Waals surface area contributed by atoms with Crippen molar-refractivity contribution >= 4 is 29.3 Å². The van der Waals surface area contributed by atoms with Gasteiger partial charge in [0.25, 0.3) is 11.8 Å². The molecule has 3 aromatic carbocycles. The van der Waals surface area contributed by atoms with Crippen LogP contribution < -0.4 is 20.1 Å². The lowest BCUT2D eigenvalue weighted by molar-refractivity contribution is -0.136. The summed E-state index contributed by atoms with van der Waals surface area (Å²) in [5, 5.41) is 9.57. The Bertz CT molecular complexity index is 2230. The average Bonchev–Trinajstić information content (AvgIpc) is 3.68. The molecule has 1 aliphatic carbocycles. The number of carbonyl (C=O) groups is 4. The van der Waals surface area contributed by atoms with Crippen molar-refractivity contribution < 1.29 is 33.2 Å². The predicted octanol–water partition coefficient (Wildman–Crippen LogP) is 5.98. The summed E-state index contributed by atoms with van der Waals surface area (Å²) in [4.78, 5) is 59.7. The number of carbonyl (C=O) groups excluding carboxylic acids is 4. The number of aryl methyl sites for hydroxylation is 1. The van der Waals surface area contributed by atoms with Gasteiger partial charge in [0.05, 0.1) is 11.1 Å². The Morgan fingerprint density at radius 1 is 0.868 bits per heavy atom. The summed E-state index contributed by atoms with van der Waals surface area (Å²) in [6, 6.07) is 23.9. The fraction of sp³-hybridized carbons (Fsp3) is 0.275. The predicted molar refractivity (Wildman–Crippen MR) is 192 cm³/mol. The molecule has 2 aromatic heterocycles. The second-order valence-corrected chi connectivity index (χ2v) is 14.1. The number of imide groups is 2. The molecule has 4 amide bonds. The Hall–Kier alpha value is -6.37. The highest BCUT2D eigenvalue weighted by Gasteiger charge is 2.45. The molecule has 0 bridgehead atoms. The lowest BCUT2D eigenvalue weighted by atomic mass is 9.78. The largest absolute Gasteiger partial charge is 0.490 e. The van der Waals surface area contributed by atoms with E-state index in [1.54, 1.807) is 37.4 Å². The highest BCUT2D eigenvalue weighted by Crippen LogP contribution is 2.36. The monoisotopic (exact) mass is 712 g/mol. The summed E-state index contributed by atoms with van der Waals surface area (Å²) in [7, 11) is 0. The molecule has 1 atom stereocenters. The van der Waals surface area contributed by atoms with Crippen LogP contribution >= 0.6 is 0 Å². The first kappa shape index (κ1) is 33.8. The third-order valence-electron chi connectivity index (χ3n) is 10.1. The van der Waals surface area contributed by atoms with Crippen molar-refractivity contribution in [2.24, 2.45) is 0 Å². The normalized spacial score (nSPS) is 19.8. The summed E-state index contributed by atoms with van der Waals surface area (Å²) in [6.45, 7) is 6.09. The van der Waals surface area contributed by atoms with Crippen molar-refractivity contribution in [1.29, 1.82) is 0 Å². The van der Waals surface area contributed by atoms with Crippen molar-refractivity contribution in [2.75, 3.05) is 5.32 Å². The number of benzene rings is 3. The molecule has 1 unspecified atom stereocenters. The molecule has 13 nitrogen and oxygen atoms in total. The number of ether oxygens (including phenoxy) is 2. The van der Waals surface area contributed by atoms with Crippen LogP contribution in [0.25, 0.3) is 11.4 Å². The number of rotatable bonds is 10. The lowest BCUT2D eigenvalue weighted by Gasteiger charge is -2.36. The first-order valence-electron chi connectivity index (χ1n) is 17.5. The molecule has 0 radical (unpaired) electrons. The maximum atomic E-state index is 13.2. The van der Waals surface area contributed by atoms with Gasteiger partial charge in [-0.2, -0.15) is 4.98 Å². The quantitative estimate of drug-likeness (QED) is 0.164. The number of hydrogen-bond donors (Lipinski definition) is 2. The molecule has 4 heterocycles. The average molecular weight is 713 g/mol. The van der Waals surface area contributed by atoms with Crippen molar-refractivity contribution in [3.8, 4) is 28.8 Å². The molecular formula is C40H36N6O7. The fourth-order valence-corrected chi connectivity index (χ4v) is 6.94. The minimum absolute atomic E-state index is 0.0356. The van der Waals surface area contributed by atoms with Gasteiger partial charge in [0, 0.05) is 61.2 Å². The van der Waals surface area contributed by atoms with Crippen molar-refractivity contribution in [3.05, 3.63) is 113 Å². The van der Waals surface area contributed by atoms with Crippen LogP contribution in [0.4, 0.5) is 5.69 Å². The summed E-state index contributed by atoms with van der Waals surface area (Å²) >= 11 is 0. The second kappa shape index (κ2) is 13.3. The zero-order valence-corrected chi connectivity index (χ0v) is 29.3. The van der Waals surface area contributed by atoms with E-state index in [2.05, 4.69) is 63.9 Å². The van der Waals surface area contributed by atoms with E-state index in [1.165, 1.54) is 0 Å². The summed E-state index contributed by atoms with van der Waals surface area (Å²) < 4.78 is 17.3. The number of anilines is 1. The zero-order valence-electron chi connectivity index (χ0n) is 29.3. The smallest absolute Gasteiger partial charge is 0.262 e.